The van der Waals surface area contributed by atoms with Crippen LogP contribution in [0.25, 0.3) is 0 Å². The maximum Gasteiger partial charge on any atom is 0.0723 e. The Balaban J connectivity index is -0.000000922. The van der Waals surface area contributed by atoms with E-state index in [0.29, 0.717) is 66.5 Å². The lowest BCUT2D eigenvalue weighted by atomic mass is 10.0. The zero-order chi connectivity index (χ0) is 65.1. The summed E-state index contributed by atoms with van der Waals surface area (Å²) in [4.78, 5) is 4.43. The van der Waals surface area contributed by atoms with Crippen molar-refractivity contribution in [3.05, 3.63) is 156 Å². The third-order valence-electron chi connectivity index (χ3n) is 12.8. The average molecular weight is 1180 g/mol. The summed E-state index contributed by atoms with van der Waals surface area (Å²) in [6.07, 6.45) is 8.51. The molecule has 0 aliphatic carbocycles. The second kappa shape index (κ2) is 54.8. The van der Waals surface area contributed by atoms with Crippen LogP contribution in [0.2, 0.25) is 0 Å². The molecule has 13 nitrogen and oxygen atoms in total. The van der Waals surface area contributed by atoms with Gasteiger partial charge in [-0.25, -0.2) is 0 Å². The number of rotatable bonds is 27. The number of nitrogens with zero attached hydrogens (tertiary/aromatic N) is 4. The molecule has 0 saturated carbocycles. The summed E-state index contributed by atoms with van der Waals surface area (Å²) in [5.74, 6) is 0. The zero-order valence-electron chi connectivity index (χ0n) is 59.0. The molecule has 488 valence electrons. The second-order valence-electron chi connectivity index (χ2n) is 24.2. The van der Waals surface area contributed by atoms with Gasteiger partial charge in [0.15, 0.2) is 0 Å². The summed E-state index contributed by atoms with van der Waals surface area (Å²) in [5, 5.41) is 39.9. The second-order valence-corrected chi connectivity index (χ2v) is 24.2. The van der Waals surface area contributed by atoms with Gasteiger partial charge in [-0.1, -0.05) is 232 Å². The minimum atomic E-state index is 0.0567. The van der Waals surface area contributed by atoms with Crippen molar-refractivity contribution in [2.45, 2.75) is 223 Å². The van der Waals surface area contributed by atoms with E-state index < -0.39 is 0 Å². The maximum absolute atomic E-state index is 9.17. The largest absolute Gasteiger partial charge is 0.394 e. The Morgan fingerprint density at radius 1 is 0.435 bits per heavy atom. The van der Waals surface area contributed by atoms with Crippen LogP contribution in [0.5, 0.6) is 0 Å². The molecule has 0 bridgehead atoms. The molecule has 5 aromatic rings. The Morgan fingerprint density at radius 3 is 0.965 bits per heavy atom. The van der Waals surface area contributed by atoms with Crippen LogP contribution in [0.4, 0.5) is 5.69 Å². The molecule has 5 rings (SSSR count). The number of likely N-dealkylation sites (N-methyl/N-ethyl adjacent to an activating group) is 2. The molecule has 0 radical (unpaired) electrons. The van der Waals surface area contributed by atoms with Gasteiger partial charge in [0.05, 0.1) is 24.5 Å². The van der Waals surface area contributed by atoms with Crippen LogP contribution < -0.4 is 42.5 Å². The Morgan fingerprint density at radius 2 is 0.765 bits per heavy atom. The molecule has 4 aromatic carbocycles. The van der Waals surface area contributed by atoms with Gasteiger partial charge in [-0.2, -0.15) is 5.10 Å². The highest BCUT2D eigenvalue weighted by Crippen LogP contribution is 2.18. The molecule has 85 heavy (non-hydrogen) atoms. The van der Waals surface area contributed by atoms with Crippen LogP contribution in [0, 0.1) is 0 Å². The smallest absolute Gasteiger partial charge is 0.0723 e. The first-order chi connectivity index (χ1) is 40.2. The van der Waals surface area contributed by atoms with Gasteiger partial charge in [-0.3, -0.25) is 4.68 Å². The first-order valence-electron chi connectivity index (χ1n) is 32.2. The molecule has 6 atom stereocenters. The highest BCUT2D eigenvalue weighted by Gasteiger charge is 2.15. The van der Waals surface area contributed by atoms with Crippen molar-refractivity contribution in [1.82, 2.24) is 56.8 Å². The number of anilines is 1. The maximum atomic E-state index is 9.17. The summed E-state index contributed by atoms with van der Waals surface area (Å²) in [6, 6.07) is 47.9. The number of nitrogens with one attached hydrogen (secondary N) is 8. The van der Waals surface area contributed by atoms with Crippen molar-refractivity contribution in [3.8, 4) is 0 Å². The van der Waals surface area contributed by atoms with Crippen LogP contribution in [-0.2, 0) is 7.05 Å². The topological polar surface area (TPSA) is 141 Å². The number of aromatic nitrogens is 2. The third kappa shape index (κ3) is 51.3. The average Bonchev–Trinajstić information content (AvgIpc) is 4.01. The van der Waals surface area contributed by atoms with Crippen molar-refractivity contribution in [3.63, 3.8) is 0 Å². The number of hydrogen-bond donors (Lipinski definition) is 9. The van der Waals surface area contributed by atoms with E-state index in [-0.39, 0.29) is 12.6 Å². The van der Waals surface area contributed by atoms with E-state index in [4.69, 9.17) is 5.11 Å². The minimum Gasteiger partial charge on any atom is -0.394 e. The minimum absolute atomic E-state index is 0.0567. The fourth-order valence-corrected chi connectivity index (χ4v) is 8.17. The fraction of sp³-hybridized carbons (Fsp3) is 0.625. The normalized spacial score (nSPS) is 12.9. The predicted molar refractivity (Wildman–Crippen MR) is 377 cm³/mol. The van der Waals surface area contributed by atoms with Gasteiger partial charge >= 0.3 is 0 Å². The first-order valence-corrected chi connectivity index (χ1v) is 32.2. The lowest BCUT2D eigenvalue weighted by Crippen LogP contribution is -2.35. The Labute approximate surface area is 524 Å². The lowest BCUT2D eigenvalue weighted by Gasteiger charge is -2.24. The Hall–Kier alpha value is -4.51. The molecular formula is C72H134N12O. The predicted octanol–water partition coefficient (Wildman–Crippen LogP) is 14.1. The number of aliphatic hydroxyl groups excluding tert-OH is 1. The summed E-state index contributed by atoms with van der Waals surface area (Å²) in [7, 11) is 14.2. The standard InChI is InChI=1S/2C13H22N2.C12H19N.C11H17NO.C7H17N.C6H15N.C5H9N3.C5H13N/c2*1-11(2)14-13(10-15(3)4)12-8-6-5-7-9-12;1-4-12(13-10(2)3)11-8-6-5-7-9-11;1-9(2)12-11(8-13)10-6-4-3-5-7-10;1-5-7(4)8-6(2)3;1-4-5-7-6(2)3;1-6-5-3-7-8(2)4-5;1-4-5(2)6-3/h2*5-9,11,13-14H,10H2,1-4H3;5-10,12-13H,4H2,1-3H3;3-7,9,11-13H,8H2,1-2H3;6-8H,5H2,1-4H3;6-7H,4-5H2,1-3H3;3-4,6H,1-2H3;5-6H,4H2,1-3H3/t2*13-;12-;11-;7-;;;5-/m10101..0/s1. The molecule has 0 unspecified atom stereocenters. The number of aliphatic hydroxyl groups is 1. The first kappa shape index (κ1) is 84.7. The summed E-state index contributed by atoms with van der Waals surface area (Å²) in [5.41, 5.74) is 6.30. The van der Waals surface area contributed by atoms with Crippen LogP contribution in [0.3, 0.4) is 0 Å². The molecule has 0 spiro atoms. The highest BCUT2D eigenvalue weighted by atomic mass is 16.3. The van der Waals surface area contributed by atoms with E-state index in [1.807, 2.05) is 57.7 Å². The molecule has 13 heteroatoms. The van der Waals surface area contributed by atoms with Gasteiger partial charge in [-0.05, 0) is 104 Å². The van der Waals surface area contributed by atoms with Crippen molar-refractivity contribution < 1.29 is 5.11 Å². The van der Waals surface area contributed by atoms with Crippen molar-refractivity contribution in [2.24, 2.45) is 7.05 Å². The van der Waals surface area contributed by atoms with Gasteiger partial charge in [0.1, 0.15) is 0 Å². The van der Waals surface area contributed by atoms with Gasteiger partial charge in [0.2, 0.25) is 0 Å². The molecular weight excluding hydrogens is 1050 g/mol. The molecule has 0 saturated heterocycles. The highest BCUT2D eigenvalue weighted by molar-refractivity contribution is 5.36. The number of aryl methyl sites for hydroxylation is 1. The van der Waals surface area contributed by atoms with Crippen molar-refractivity contribution in [1.29, 1.82) is 0 Å². The van der Waals surface area contributed by atoms with Crippen LogP contribution in [0.1, 0.15) is 197 Å². The molecule has 1 heterocycles. The summed E-state index contributed by atoms with van der Waals surface area (Å²) in [6.45, 7) is 42.4. The van der Waals surface area contributed by atoms with E-state index >= 15 is 0 Å². The van der Waals surface area contributed by atoms with E-state index in [1.54, 1.807) is 10.9 Å². The molecule has 1 aromatic heterocycles. The molecule has 9 N–H and O–H groups in total. The van der Waals surface area contributed by atoms with Gasteiger partial charge in [0, 0.05) is 99.8 Å². The van der Waals surface area contributed by atoms with Crippen molar-refractivity contribution in [2.75, 3.05) is 73.8 Å². The van der Waals surface area contributed by atoms with Gasteiger partial charge in [0.25, 0.3) is 0 Å². The SMILES string of the molecule is CC(C)N[C@@H](CN(C)C)c1ccccc1.CC(C)N[C@@H](CO)c1ccccc1.CC(C)N[C@H](CN(C)C)c1ccccc1.CCCNC(C)C.CC[C@@H](C)NC(C)C.CC[C@@H](NC(C)C)c1ccccc1.CC[C@H](C)NC.CNc1cnn(C)c1. The van der Waals surface area contributed by atoms with Gasteiger partial charge in [-0.15, -0.1) is 0 Å². The quantitative estimate of drug-likeness (QED) is 0.0247. The molecule has 0 aliphatic rings. The zero-order valence-corrected chi connectivity index (χ0v) is 59.0. The van der Waals surface area contributed by atoms with Crippen LogP contribution >= 0.6 is 0 Å². The molecule has 0 amide bonds. The van der Waals surface area contributed by atoms with E-state index in [9.17, 15) is 0 Å². The van der Waals surface area contributed by atoms with Crippen molar-refractivity contribution >= 4 is 5.69 Å². The summed E-state index contributed by atoms with van der Waals surface area (Å²) < 4.78 is 1.76. The monoisotopic (exact) mass is 1180 g/mol. The number of hydrogen-bond acceptors (Lipinski definition) is 12. The van der Waals surface area contributed by atoms with Gasteiger partial charge < -0.3 is 57.4 Å². The van der Waals surface area contributed by atoms with E-state index in [1.165, 1.54) is 36.0 Å². The summed E-state index contributed by atoms with van der Waals surface area (Å²) >= 11 is 0. The third-order valence-corrected chi connectivity index (χ3v) is 12.8. The van der Waals surface area contributed by atoms with E-state index in [2.05, 4.69) is 301 Å². The lowest BCUT2D eigenvalue weighted by molar-refractivity contribution is 0.237. The Kier molecular flexibility index (Phi) is 54.7. The van der Waals surface area contributed by atoms with E-state index in [0.717, 1.165) is 37.3 Å². The van der Waals surface area contributed by atoms with Crippen LogP contribution in [-0.4, -0.2) is 142 Å². The Bertz CT molecular complexity index is 1980. The van der Waals surface area contributed by atoms with Crippen LogP contribution in [0.15, 0.2) is 134 Å². The molecule has 0 fully saturated rings. The number of benzene rings is 4. The fourth-order valence-electron chi connectivity index (χ4n) is 8.17. The molecule has 0 aliphatic heterocycles.